The molecule has 76 valence electrons. The fourth-order valence-corrected chi connectivity index (χ4v) is 1.63. The first-order valence-electron chi connectivity index (χ1n) is 4.94. The zero-order valence-electron chi connectivity index (χ0n) is 7.88. The third-order valence-electron chi connectivity index (χ3n) is 2.29. The molecule has 0 aromatic carbocycles. The van der Waals surface area contributed by atoms with Crippen LogP contribution in [0.4, 0.5) is 0 Å². The standard InChI is InChI=1S/C9H18N2O2/c12-6-5-10-7-9(13)11-8-3-1-2-4-8/h8,10,12H,1-7H2,(H,11,13). The second-order valence-electron chi connectivity index (χ2n) is 3.45. The molecule has 1 aliphatic rings. The largest absolute Gasteiger partial charge is 0.395 e. The summed E-state index contributed by atoms with van der Waals surface area (Å²) in [5.41, 5.74) is 0. The van der Waals surface area contributed by atoms with Crippen molar-refractivity contribution >= 4 is 5.91 Å². The molecule has 0 heterocycles. The number of hydrogen-bond acceptors (Lipinski definition) is 3. The summed E-state index contributed by atoms with van der Waals surface area (Å²) in [6, 6.07) is 0.392. The lowest BCUT2D eigenvalue weighted by molar-refractivity contribution is -0.120. The molecule has 0 bridgehead atoms. The number of nitrogens with one attached hydrogen (secondary N) is 2. The molecule has 0 unspecified atom stereocenters. The average molecular weight is 186 g/mol. The van der Waals surface area contributed by atoms with Crippen LogP contribution >= 0.6 is 0 Å². The Hall–Kier alpha value is -0.610. The molecule has 1 saturated carbocycles. The molecule has 0 spiro atoms. The summed E-state index contributed by atoms with van der Waals surface area (Å²) >= 11 is 0. The van der Waals surface area contributed by atoms with Crippen LogP contribution in [0.2, 0.25) is 0 Å². The second-order valence-corrected chi connectivity index (χ2v) is 3.45. The second kappa shape index (κ2) is 5.94. The highest BCUT2D eigenvalue weighted by molar-refractivity contribution is 5.78. The molecule has 1 fully saturated rings. The van der Waals surface area contributed by atoms with E-state index in [0.29, 0.717) is 19.1 Å². The highest BCUT2D eigenvalue weighted by atomic mass is 16.3. The molecule has 0 saturated heterocycles. The van der Waals surface area contributed by atoms with Gasteiger partial charge in [-0.1, -0.05) is 12.8 Å². The zero-order chi connectivity index (χ0) is 9.52. The molecule has 1 aliphatic carbocycles. The Morgan fingerprint density at radius 2 is 2.08 bits per heavy atom. The lowest BCUT2D eigenvalue weighted by Gasteiger charge is -2.11. The van der Waals surface area contributed by atoms with Crippen LogP contribution in [0, 0.1) is 0 Å². The third-order valence-corrected chi connectivity index (χ3v) is 2.29. The summed E-state index contributed by atoms with van der Waals surface area (Å²) in [6.45, 7) is 0.881. The first kappa shape index (κ1) is 10.5. The van der Waals surface area contributed by atoms with E-state index in [2.05, 4.69) is 10.6 Å². The van der Waals surface area contributed by atoms with E-state index in [1.807, 2.05) is 0 Å². The maximum absolute atomic E-state index is 11.2. The van der Waals surface area contributed by atoms with Gasteiger partial charge in [0.15, 0.2) is 0 Å². The normalized spacial score (nSPS) is 17.6. The SMILES string of the molecule is O=C(CNCCO)NC1CCCC1. The molecule has 4 nitrogen and oxygen atoms in total. The van der Waals surface area contributed by atoms with Crippen molar-refractivity contribution in [2.45, 2.75) is 31.7 Å². The van der Waals surface area contributed by atoms with Crippen LogP contribution in [0.5, 0.6) is 0 Å². The number of aliphatic hydroxyl groups excluding tert-OH is 1. The summed E-state index contributed by atoms with van der Waals surface area (Å²) in [5.74, 6) is 0.0420. The first-order chi connectivity index (χ1) is 6.33. The number of aliphatic hydroxyl groups is 1. The molecule has 1 amide bonds. The molecular weight excluding hydrogens is 168 g/mol. The Morgan fingerprint density at radius 1 is 1.38 bits per heavy atom. The van der Waals surface area contributed by atoms with E-state index in [9.17, 15) is 4.79 Å². The molecule has 0 radical (unpaired) electrons. The Bertz CT molecular complexity index is 156. The monoisotopic (exact) mass is 186 g/mol. The van der Waals surface area contributed by atoms with Crippen LogP contribution in [0.15, 0.2) is 0 Å². The van der Waals surface area contributed by atoms with E-state index in [1.165, 1.54) is 12.8 Å². The van der Waals surface area contributed by atoms with Crippen LogP contribution in [0.1, 0.15) is 25.7 Å². The van der Waals surface area contributed by atoms with Gasteiger partial charge in [-0.3, -0.25) is 4.79 Å². The highest BCUT2D eigenvalue weighted by Crippen LogP contribution is 2.17. The van der Waals surface area contributed by atoms with Gasteiger partial charge in [0.1, 0.15) is 0 Å². The van der Waals surface area contributed by atoms with E-state index in [1.54, 1.807) is 0 Å². The first-order valence-corrected chi connectivity index (χ1v) is 4.94. The van der Waals surface area contributed by atoms with Gasteiger partial charge >= 0.3 is 0 Å². The van der Waals surface area contributed by atoms with Crippen LogP contribution < -0.4 is 10.6 Å². The van der Waals surface area contributed by atoms with Gasteiger partial charge in [-0.05, 0) is 12.8 Å². The van der Waals surface area contributed by atoms with Gasteiger partial charge in [0, 0.05) is 12.6 Å². The van der Waals surface area contributed by atoms with Crippen LogP contribution in [0.25, 0.3) is 0 Å². The Kier molecular flexibility index (Phi) is 4.78. The van der Waals surface area contributed by atoms with Gasteiger partial charge < -0.3 is 15.7 Å². The van der Waals surface area contributed by atoms with Crippen molar-refractivity contribution in [2.24, 2.45) is 0 Å². The number of carbonyl (C=O) groups is 1. The summed E-state index contributed by atoms with van der Waals surface area (Å²) in [4.78, 5) is 11.2. The molecule has 0 aromatic heterocycles. The lowest BCUT2D eigenvalue weighted by atomic mass is 10.2. The van der Waals surface area contributed by atoms with E-state index in [-0.39, 0.29) is 12.5 Å². The molecule has 1 rings (SSSR count). The minimum atomic E-state index is 0.0420. The van der Waals surface area contributed by atoms with Gasteiger partial charge in [-0.15, -0.1) is 0 Å². The molecule has 3 N–H and O–H groups in total. The van der Waals surface area contributed by atoms with Gasteiger partial charge in [-0.25, -0.2) is 0 Å². The van der Waals surface area contributed by atoms with Crippen molar-refractivity contribution in [1.82, 2.24) is 10.6 Å². The molecule has 0 aliphatic heterocycles. The summed E-state index contributed by atoms with van der Waals surface area (Å²) in [6.07, 6.45) is 4.70. The smallest absolute Gasteiger partial charge is 0.234 e. The highest BCUT2D eigenvalue weighted by Gasteiger charge is 2.16. The minimum Gasteiger partial charge on any atom is -0.395 e. The minimum absolute atomic E-state index is 0.0420. The van der Waals surface area contributed by atoms with Gasteiger partial charge in [0.2, 0.25) is 5.91 Å². The van der Waals surface area contributed by atoms with Gasteiger partial charge in [0.25, 0.3) is 0 Å². The topological polar surface area (TPSA) is 61.4 Å². The van der Waals surface area contributed by atoms with Gasteiger partial charge in [-0.2, -0.15) is 0 Å². The maximum atomic E-state index is 11.2. The molecule has 13 heavy (non-hydrogen) atoms. The van der Waals surface area contributed by atoms with Crippen LogP contribution in [-0.2, 0) is 4.79 Å². The molecule has 0 atom stereocenters. The predicted octanol–water partition coefficient (Wildman–Crippen LogP) is -0.373. The quantitative estimate of drug-likeness (QED) is 0.513. The van der Waals surface area contributed by atoms with Crippen molar-refractivity contribution in [3.8, 4) is 0 Å². The summed E-state index contributed by atoms with van der Waals surface area (Å²) < 4.78 is 0. The van der Waals surface area contributed by atoms with E-state index < -0.39 is 0 Å². The Balaban J connectivity index is 2.02. The number of amides is 1. The fourth-order valence-electron chi connectivity index (χ4n) is 1.63. The number of hydrogen-bond donors (Lipinski definition) is 3. The number of rotatable bonds is 5. The maximum Gasteiger partial charge on any atom is 0.234 e. The van der Waals surface area contributed by atoms with Crippen molar-refractivity contribution in [1.29, 1.82) is 0 Å². The molecular formula is C9H18N2O2. The molecule has 0 aromatic rings. The van der Waals surface area contributed by atoms with E-state index in [0.717, 1.165) is 12.8 Å². The van der Waals surface area contributed by atoms with Crippen molar-refractivity contribution in [3.05, 3.63) is 0 Å². The van der Waals surface area contributed by atoms with Crippen molar-refractivity contribution in [2.75, 3.05) is 19.7 Å². The van der Waals surface area contributed by atoms with Gasteiger partial charge in [0.05, 0.1) is 13.2 Å². The third kappa shape index (κ3) is 4.24. The Labute approximate surface area is 78.7 Å². The fraction of sp³-hybridized carbons (Fsp3) is 0.889. The number of carbonyl (C=O) groups excluding carboxylic acids is 1. The van der Waals surface area contributed by atoms with Crippen LogP contribution in [-0.4, -0.2) is 36.8 Å². The zero-order valence-corrected chi connectivity index (χ0v) is 7.88. The van der Waals surface area contributed by atoms with Crippen molar-refractivity contribution in [3.63, 3.8) is 0 Å². The average Bonchev–Trinajstić information content (AvgIpc) is 2.57. The van der Waals surface area contributed by atoms with E-state index >= 15 is 0 Å². The Morgan fingerprint density at radius 3 is 2.69 bits per heavy atom. The lowest BCUT2D eigenvalue weighted by Crippen LogP contribution is -2.39. The van der Waals surface area contributed by atoms with E-state index in [4.69, 9.17) is 5.11 Å². The summed E-state index contributed by atoms with van der Waals surface area (Å²) in [5, 5.41) is 14.3. The summed E-state index contributed by atoms with van der Waals surface area (Å²) in [7, 11) is 0. The van der Waals surface area contributed by atoms with Crippen LogP contribution in [0.3, 0.4) is 0 Å². The molecule has 4 heteroatoms. The predicted molar refractivity (Wildman–Crippen MR) is 50.4 cm³/mol. The van der Waals surface area contributed by atoms with Crippen molar-refractivity contribution < 1.29 is 9.90 Å².